The number of anilines is 1. The van der Waals surface area contributed by atoms with Crippen LogP contribution in [-0.4, -0.2) is 9.97 Å². The Morgan fingerprint density at radius 2 is 2.28 bits per heavy atom. The number of aromatic nitrogens is 2. The first kappa shape index (κ1) is 11.2. The van der Waals surface area contributed by atoms with Crippen molar-refractivity contribution in [3.8, 4) is 0 Å². The van der Waals surface area contributed by atoms with E-state index in [0.29, 0.717) is 0 Å². The molecule has 0 spiro atoms. The van der Waals surface area contributed by atoms with E-state index >= 15 is 0 Å². The number of hydrogen-bond donors (Lipinski definition) is 2. The van der Waals surface area contributed by atoms with Crippen molar-refractivity contribution in [1.82, 2.24) is 9.97 Å². The summed E-state index contributed by atoms with van der Waals surface area (Å²) in [5, 5.41) is 0. The first-order chi connectivity index (χ1) is 8.72. The van der Waals surface area contributed by atoms with Crippen molar-refractivity contribution >= 4 is 28.5 Å². The molecule has 5 heteroatoms. The van der Waals surface area contributed by atoms with Crippen LogP contribution in [0.1, 0.15) is 11.6 Å². The summed E-state index contributed by atoms with van der Waals surface area (Å²) in [5.41, 5.74) is 8.41. The van der Waals surface area contributed by atoms with Crippen LogP contribution < -0.4 is 5.73 Å². The average molecular weight is 259 g/mol. The zero-order valence-corrected chi connectivity index (χ0v) is 10.8. The predicted molar refractivity (Wildman–Crippen MR) is 73.5 cm³/mol. The second kappa shape index (κ2) is 4.42. The van der Waals surface area contributed by atoms with Crippen LogP contribution in [0.25, 0.3) is 11.0 Å². The molecule has 4 nitrogen and oxygen atoms in total. The molecule has 0 aliphatic heterocycles. The van der Waals surface area contributed by atoms with E-state index in [0.717, 1.165) is 39.0 Å². The number of nitrogen functional groups attached to an aromatic ring is 1. The van der Waals surface area contributed by atoms with Gasteiger partial charge in [0.25, 0.3) is 0 Å². The Bertz CT molecular complexity index is 686. The summed E-state index contributed by atoms with van der Waals surface area (Å²) >= 11 is 1.71. The molecule has 3 N–H and O–H groups in total. The first-order valence-electron chi connectivity index (χ1n) is 5.63. The van der Waals surface area contributed by atoms with Gasteiger partial charge in [0.1, 0.15) is 11.6 Å². The Hall–Kier alpha value is -1.88. The van der Waals surface area contributed by atoms with Gasteiger partial charge < -0.3 is 15.1 Å². The number of aromatic amines is 1. The van der Waals surface area contributed by atoms with Gasteiger partial charge in [-0.05, 0) is 31.2 Å². The molecule has 18 heavy (non-hydrogen) atoms. The lowest BCUT2D eigenvalue weighted by molar-refractivity contribution is 0.527. The normalized spacial score (nSPS) is 11.2. The zero-order chi connectivity index (χ0) is 12.5. The van der Waals surface area contributed by atoms with Gasteiger partial charge in [-0.25, -0.2) is 4.98 Å². The van der Waals surface area contributed by atoms with Crippen LogP contribution in [0.5, 0.6) is 0 Å². The van der Waals surface area contributed by atoms with Crippen LogP contribution in [-0.2, 0) is 5.75 Å². The van der Waals surface area contributed by atoms with Gasteiger partial charge in [-0.2, -0.15) is 0 Å². The molecule has 0 unspecified atom stereocenters. The Balaban J connectivity index is 1.81. The molecule has 0 saturated carbocycles. The fourth-order valence-electron chi connectivity index (χ4n) is 1.82. The van der Waals surface area contributed by atoms with E-state index in [9.17, 15) is 0 Å². The molecule has 2 heterocycles. The van der Waals surface area contributed by atoms with Gasteiger partial charge in [0.05, 0.1) is 23.0 Å². The zero-order valence-electron chi connectivity index (χ0n) is 9.93. The summed E-state index contributed by atoms with van der Waals surface area (Å²) in [6.07, 6.45) is 1.71. The van der Waals surface area contributed by atoms with E-state index in [4.69, 9.17) is 10.2 Å². The van der Waals surface area contributed by atoms with Crippen LogP contribution in [0.2, 0.25) is 0 Å². The Morgan fingerprint density at radius 1 is 1.39 bits per heavy atom. The Labute approximate surface area is 109 Å². The Kier molecular flexibility index (Phi) is 2.76. The maximum Gasteiger partial charge on any atom is 0.117 e. The van der Waals surface area contributed by atoms with Crippen LogP contribution in [0.3, 0.4) is 0 Å². The number of nitrogens with one attached hydrogen (secondary N) is 1. The van der Waals surface area contributed by atoms with Crippen molar-refractivity contribution in [2.75, 3.05) is 5.73 Å². The molecule has 0 aliphatic rings. The van der Waals surface area contributed by atoms with E-state index in [-0.39, 0.29) is 0 Å². The lowest BCUT2D eigenvalue weighted by Crippen LogP contribution is -1.83. The van der Waals surface area contributed by atoms with Gasteiger partial charge in [-0.3, -0.25) is 0 Å². The number of benzene rings is 1. The lowest BCUT2D eigenvalue weighted by atomic mass is 10.3. The third kappa shape index (κ3) is 2.09. The first-order valence-corrected chi connectivity index (χ1v) is 6.62. The minimum absolute atomic E-state index is 0.746. The monoisotopic (exact) mass is 259 g/mol. The van der Waals surface area contributed by atoms with Gasteiger partial charge in [0.2, 0.25) is 0 Å². The molecule has 0 bridgehead atoms. The molecular weight excluding hydrogens is 246 g/mol. The molecule has 0 atom stereocenters. The summed E-state index contributed by atoms with van der Waals surface area (Å²) in [5.74, 6) is 2.68. The molecule has 0 fully saturated rings. The number of furan rings is 1. The van der Waals surface area contributed by atoms with Gasteiger partial charge in [-0.15, -0.1) is 11.8 Å². The van der Waals surface area contributed by atoms with Gasteiger partial charge >= 0.3 is 0 Å². The smallest absolute Gasteiger partial charge is 0.117 e. The van der Waals surface area contributed by atoms with Crippen molar-refractivity contribution in [2.45, 2.75) is 17.6 Å². The standard InChI is InChI=1S/C13H13N3OS/c1-8-12(4-5-17-8)18-7-13-15-10-3-2-9(14)6-11(10)16-13/h2-6H,7,14H2,1H3,(H,15,16). The molecule has 0 aliphatic carbocycles. The molecule has 2 aromatic heterocycles. The lowest BCUT2D eigenvalue weighted by Gasteiger charge is -1.95. The van der Waals surface area contributed by atoms with Crippen LogP contribution in [0.15, 0.2) is 39.8 Å². The summed E-state index contributed by atoms with van der Waals surface area (Å²) in [6.45, 7) is 1.96. The summed E-state index contributed by atoms with van der Waals surface area (Å²) < 4.78 is 5.26. The predicted octanol–water partition coefficient (Wildman–Crippen LogP) is 3.34. The summed E-state index contributed by atoms with van der Waals surface area (Å²) in [6, 6.07) is 7.67. The number of hydrogen-bond acceptors (Lipinski definition) is 4. The summed E-state index contributed by atoms with van der Waals surface area (Å²) in [4.78, 5) is 8.94. The number of nitrogens with zero attached hydrogens (tertiary/aromatic N) is 1. The van der Waals surface area contributed by atoms with E-state index in [1.165, 1.54) is 0 Å². The highest BCUT2D eigenvalue weighted by Crippen LogP contribution is 2.26. The average Bonchev–Trinajstić information content (AvgIpc) is 2.92. The fourth-order valence-corrected chi connectivity index (χ4v) is 2.65. The van der Waals surface area contributed by atoms with Gasteiger partial charge in [0.15, 0.2) is 0 Å². The largest absolute Gasteiger partial charge is 0.468 e. The SMILES string of the molecule is Cc1occc1SCc1nc2ccc(N)cc2[nH]1. The van der Waals surface area contributed by atoms with Crippen LogP contribution in [0.4, 0.5) is 5.69 Å². The quantitative estimate of drug-likeness (QED) is 0.559. The number of aryl methyl sites for hydroxylation is 1. The van der Waals surface area contributed by atoms with Crippen molar-refractivity contribution < 1.29 is 4.42 Å². The minimum atomic E-state index is 0.746. The fraction of sp³-hybridized carbons (Fsp3) is 0.154. The summed E-state index contributed by atoms with van der Waals surface area (Å²) in [7, 11) is 0. The number of fused-ring (bicyclic) bond motifs is 1. The minimum Gasteiger partial charge on any atom is -0.468 e. The van der Waals surface area contributed by atoms with Crippen molar-refractivity contribution in [1.29, 1.82) is 0 Å². The second-order valence-electron chi connectivity index (χ2n) is 4.09. The molecule has 3 aromatic rings. The highest BCUT2D eigenvalue weighted by atomic mass is 32.2. The number of imidazole rings is 1. The molecule has 0 amide bonds. The third-order valence-corrected chi connectivity index (χ3v) is 3.88. The maximum atomic E-state index is 5.74. The van der Waals surface area contributed by atoms with Crippen molar-refractivity contribution in [3.05, 3.63) is 42.1 Å². The maximum absolute atomic E-state index is 5.74. The Morgan fingerprint density at radius 3 is 3.06 bits per heavy atom. The van der Waals surface area contributed by atoms with E-state index < -0.39 is 0 Å². The number of thioether (sulfide) groups is 1. The molecule has 3 rings (SSSR count). The highest BCUT2D eigenvalue weighted by molar-refractivity contribution is 7.98. The highest BCUT2D eigenvalue weighted by Gasteiger charge is 2.06. The van der Waals surface area contributed by atoms with Gasteiger partial charge in [0, 0.05) is 10.6 Å². The molecule has 0 radical (unpaired) electrons. The topological polar surface area (TPSA) is 67.8 Å². The third-order valence-electron chi connectivity index (χ3n) is 2.73. The van der Waals surface area contributed by atoms with E-state index in [2.05, 4.69) is 9.97 Å². The molecule has 92 valence electrons. The van der Waals surface area contributed by atoms with Gasteiger partial charge in [-0.1, -0.05) is 0 Å². The molecular formula is C13H13N3OS. The van der Waals surface area contributed by atoms with E-state index in [1.54, 1.807) is 18.0 Å². The number of rotatable bonds is 3. The van der Waals surface area contributed by atoms with Crippen LogP contribution >= 0.6 is 11.8 Å². The van der Waals surface area contributed by atoms with Crippen molar-refractivity contribution in [3.63, 3.8) is 0 Å². The van der Waals surface area contributed by atoms with Crippen molar-refractivity contribution in [2.24, 2.45) is 0 Å². The molecule has 0 saturated heterocycles. The number of H-pyrrole nitrogens is 1. The second-order valence-corrected chi connectivity index (χ2v) is 5.11. The van der Waals surface area contributed by atoms with E-state index in [1.807, 2.05) is 31.2 Å². The molecule has 1 aromatic carbocycles. The van der Waals surface area contributed by atoms with Crippen LogP contribution in [0, 0.1) is 6.92 Å². The number of nitrogens with two attached hydrogens (primary N) is 1.